The second-order valence-corrected chi connectivity index (χ2v) is 4.32. The first-order valence-electron chi connectivity index (χ1n) is 5.12. The first-order chi connectivity index (χ1) is 8.58. The number of alkyl halides is 2. The van der Waals surface area contributed by atoms with Crippen molar-refractivity contribution in [2.45, 2.75) is 12.7 Å². The fourth-order valence-electron chi connectivity index (χ4n) is 1.59. The second-order valence-electron chi connectivity index (χ2n) is 3.54. The van der Waals surface area contributed by atoms with Crippen molar-refractivity contribution in [2.24, 2.45) is 5.73 Å². The zero-order chi connectivity index (χ0) is 13.1. The summed E-state index contributed by atoms with van der Waals surface area (Å²) in [5.74, 6) is 0.514. The topological polar surface area (TPSA) is 48.4 Å². The molecular weight excluding hydrogens is 308 g/mol. The van der Waals surface area contributed by atoms with Gasteiger partial charge in [-0.05, 0) is 34.1 Å². The Labute approximate surface area is 111 Å². The zero-order valence-electron chi connectivity index (χ0n) is 9.15. The van der Waals surface area contributed by atoms with Gasteiger partial charge >= 0.3 is 6.61 Å². The van der Waals surface area contributed by atoms with E-state index in [1.807, 2.05) is 0 Å². The van der Waals surface area contributed by atoms with Gasteiger partial charge in [-0.15, -0.1) is 0 Å². The predicted octanol–water partition coefficient (Wildman–Crippen LogP) is 3.69. The number of hydrogen-bond acceptors (Lipinski definition) is 3. The highest BCUT2D eigenvalue weighted by Crippen LogP contribution is 2.31. The number of hydrogen-bond donors (Lipinski definition) is 1. The van der Waals surface area contributed by atoms with Gasteiger partial charge in [-0.2, -0.15) is 8.78 Å². The molecule has 2 N–H and O–H groups in total. The summed E-state index contributed by atoms with van der Waals surface area (Å²) in [7, 11) is 0. The van der Waals surface area contributed by atoms with E-state index < -0.39 is 12.7 Å². The highest BCUT2D eigenvalue weighted by molar-refractivity contribution is 9.10. The molecule has 0 fully saturated rings. The Bertz CT molecular complexity index is 530. The first kappa shape index (κ1) is 13.0. The van der Waals surface area contributed by atoms with Crippen molar-refractivity contribution in [1.82, 2.24) is 0 Å². The van der Waals surface area contributed by atoms with E-state index >= 15 is 0 Å². The lowest BCUT2D eigenvalue weighted by atomic mass is 10.0. The van der Waals surface area contributed by atoms with Gasteiger partial charge in [0.2, 0.25) is 0 Å². The molecule has 0 aliphatic rings. The van der Waals surface area contributed by atoms with Crippen molar-refractivity contribution in [3.63, 3.8) is 0 Å². The Morgan fingerprint density at radius 1 is 1.17 bits per heavy atom. The first-order valence-corrected chi connectivity index (χ1v) is 5.92. The molecule has 0 saturated heterocycles. The average Bonchev–Trinajstić information content (AvgIpc) is 2.75. The molecule has 3 nitrogen and oxygen atoms in total. The number of furan rings is 1. The predicted molar refractivity (Wildman–Crippen MR) is 65.5 cm³/mol. The van der Waals surface area contributed by atoms with Crippen molar-refractivity contribution in [2.75, 3.05) is 0 Å². The molecule has 1 unspecified atom stereocenters. The second kappa shape index (κ2) is 5.49. The minimum absolute atomic E-state index is 0.0486. The number of nitrogens with two attached hydrogens (primary N) is 1. The van der Waals surface area contributed by atoms with Gasteiger partial charge in [0, 0.05) is 5.56 Å². The molecule has 0 radical (unpaired) electrons. The SMILES string of the molecule is NC(c1ccc(Br)o1)c1ccccc1OC(F)F. The molecule has 0 aliphatic carbocycles. The summed E-state index contributed by atoms with van der Waals surface area (Å²) in [6.45, 7) is -2.89. The Balaban J connectivity index is 2.32. The number of rotatable bonds is 4. The van der Waals surface area contributed by atoms with Crippen molar-refractivity contribution in [1.29, 1.82) is 0 Å². The van der Waals surface area contributed by atoms with Gasteiger partial charge in [0.25, 0.3) is 0 Å². The highest BCUT2D eigenvalue weighted by Gasteiger charge is 2.18. The lowest BCUT2D eigenvalue weighted by molar-refractivity contribution is -0.0505. The molecule has 18 heavy (non-hydrogen) atoms. The molecule has 2 aromatic rings. The molecule has 0 amide bonds. The molecule has 1 aromatic carbocycles. The van der Waals surface area contributed by atoms with Crippen LogP contribution in [0.15, 0.2) is 45.5 Å². The lowest BCUT2D eigenvalue weighted by Gasteiger charge is -2.14. The average molecular weight is 318 g/mol. The van der Waals surface area contributed by atoms with E-state index in [1.54, 1.807) is 30.3 Å². The van der Waals surface area contributed by atoms with E-state index in [0.29, 0.717) is 16.0 Å². The zero-order valence-corrected chi connectivity index (χ0v) is 10.7. The molecular formula is C12H10BrF2NO2. The third kappa shape index (κ3) is 2.88. The van der Waals surface area contributed by atoms with Crippen LogP contribution < -0.4 is 10.5 Å². The van der Waals surface area contributed by atoms with E-state index in [1.165, 1.54) is 6.07 Å². The monoisotopic (exact) mass is 317 g/mol. The molecule has 1 heterocycles. The van der Waals surface area contributed by atoms with Gasteiger partial charge in [0.05, 0.1) is 6.04 Å². The maximum Gasteiger partial charge on any atom is 0.387 e. The van der Waals surface area contributed by atoms with Crippen molar-refractivity contribution < 1.29 is 17.9 Å². The quantitative estimate of drug-likeness (QED) is 0.935. The maximum absolute atomic E-state index is 12.3. The highest BCUT2D eigenvalue weighted by atomic mass is 79.9. The van der Waals surface area contributed by atoms with Crippen molar-refractivity contribution in [3.8, 4) is 5.75 Å². The molecule has 1 atom stereocenters. The van der Waals surface area contributed by atoms with Gasteiger partial charge in [-0.1, -0.05) is 18.2 Å². The van der Waals surface area contributed by atoms with Crippen LogP contribution in [0, 0.1) is 0 Å². The normalized spacial score (nSPS) is 12.7. The standard InChI is InChI=1S/C12H10BrF2NO2/c13-10-6-5-9(17-10)11(16)7-3-1-2-4-8(7)18-12(14)15/h1-6,11-12H,16H2. The number of benzene rings is 1. The van der Waals surface area contributed by atoms with Gasteiger partial charge in [-0.3, -0.25) is 0 Å². The third-order valence-corrected chi connectivity index (χ3v) is 2.80. The number of halogens is 3. The largest absolute Gasteiger partial charge is 0.452 e. The molecule has 6 heteroatoms. The van der Waals surface area contributed by atoms with Crippen LogP contribution in [-0.4, -0.2) is 6.61 Å². The molecule has 0 bridgehead atoms. The van der Waals surface area contributed by atoms with E-state index in [0.717, 1.165) is 0 Å². The molecule has 0 aliphatic heterocycles. The molecule has 0 spiro atoms. The van der Waals surface area contributed by atoms with E-state index in [9.17, 15) is 8.78 Å². The van der Waals surface area contributed by atoms with E-state index in [-0.39, 0.29) is 5.75 Å². The summed E-state index contributed by atoms with van der Waals surface area (Å²) in [4.78, 5) is 0. The van der Waals surface area contributed by atoms with Crippen LogP contribution in [0.2, 0.25) is 0 Å². The van der Waals surface area contributed by atoms with E-state index in [2.05, 4.69) is 20.7 Å². The minimum Gasteiger partial charge on any atom is -0.452 e. The molecule has 1 aromatic heterocycles. The van der Waals surface area contributed by atoms with Crippen LogP contribution >= 0.6 is 15.9 Å². The van der Waals surface area contributed by atoms with E-state index in [4.69, 9.17) is 10.2 Å². The van der Waals surface area contributed by atoms with Gasteiger partial charge in [0.1, 0.15) is 11.5 Å². The summed E-state index contributed by atoms with van der Waals surface area (Å²) in [5.41, 5.74) is 6.41. The number of ether oxygens (including phenoxy) is 1. The van der Waals surface area contributed by atoms with Crippen LogP contribution in [0.25, 0.3) is 0 Å². The number of para-hydroxylation sites is 1. The van der Waals surface area contributed by atoms with Gasteiger partial charge in [-0.25, -0.2) is 0 Å². The van der Waals surface area contributed by atoms with Crippen LogP contribution in [0.4, 0.5) is 8.78 Å². The Hall–Kier alpha value is -1.40. The Morgan fingerprint density at radius 2 is 1.89 bits per heavy atom. The minimum atomic E-state index is -2.89. The summed E-state index contributed by atoms with van der Waals surface area (Å²) in [6.07, 6.45) is 0. The van der Waals surface area contributed by atoms with Gasteiger partial charge < -0.3 is 14.9 Å². The molecule has 2 rings (SSSR count). The third-order valence-electron chi connectivity index (χ3n) is 2.37. The summed E-state index contributed by atoms with van der Waals surface area (Å²) in [5, 5.41) is 0. The van der Waals surface area contributed by atoms with Crippen LogP contribution in [-0.2, 0) is 0 Å². The maximum atomic E-state index is 12.3. The summed E-state index contributed by atoms with van der Waals surface area (Å²) >= 11 is 3.16. The van der Waals surface area contributed by atoms with Crippen molar-refractivity contribution in [3.05, 3.63) is 52.4 Å². The fraction of sp³-hybridized carbons (Fsp3) is 0.167. The van der Waals surface area contributed by atoms with Crippen LogP contribution in [0.5, 0.6) is 5.75 Å². The fourth-order valence-corrected chi connectivity index (χ4v) is 1.91. The summed E-state index contributed by atoms with van der Waals surface area (Å²) in [6, 6.07) is 9.07. The Kier molecular flexibility index (Phi) is 3.98. The smallest absolute Gasteiger partial charge is 0.387 e. The Morgan fingerprint density at radius 3 is 2.50 bits per heavy atom. The van der Waals surface area contributed by atoms with Crippen LogP contribution in [0.1, 0.15) is 17.4 Å². The van der Waals surface area contributed by atoms with Crippen LogP contribution in [0.3, 0.4) is 0 Å². The molecule has 96 valence electrons. The molecule has 0 saturated carbocycles. The summed E-state index contributed by atoms with van der Waals surface area (Å²) < 4.78 is 34.8. The van der Waals surface area contributed by atoms with Gasteiger partial charge in [0.15, 0.2) is 4.67 Å². The lowest BCUT2D eigenvalue weighted by Crippen LogP contribution is -2.14. The van der Waals surface area contributed by atoms with Crippen molar-refractivity contribution >= 4 is 15.9 Å².